The molecule has 2 N–H and O–H groups in total. The third kappa shape index (κ3) is 4.58. The van der Waals surface area contributed by atoms with E-state index in [1.165, 1.54) is 19.5 Å². The Morgan fingerprint density at radius 2 is 2.15 bits per heavy atom. The number of hydrogen-bond donors (Lipinski definition) is 2. The van der Waals surface area contributed by atoms with E-state index < -0.39 is 11.9 Å². The molecule has 0 bridgehead atoms. The summed E-state index contributed by atoms with van der Waals surface area (Å²) < 4.78 is 34.1. The second kappa shape index (κ2) is 9.23. The number of carbonyl (C=O) groups excluding carboxylic acids is 1. The Morgan fingerprint density at radius 3 is 2.91 bits per heavy atom. The molecule has 5 rings (SSSR count). The summed E-state index contributed by atoms with van der Waals surface area (Å²) in [5.41, 5.74) is 0.761. The molecule has 1 saturated heterocycles. The van der Waals surface area contributed by atoms with Crippen molar-refractivity contribution in [3.8, 4) is 11.5 Å². The van der Waals surface area contributed by atoms with Crippen LogP contribution in [-0.4, -0.2) is 59.6 Å². The highest BCUT2D eigenvalue weighted by molar-refractivity contribution is 6.31. The first-order valence-electron chi connectivity index (χ1n) is 11.7. The van der Waals surface area contributed by atoms with E-state index in [-0.39, 0.29) is 35.8 Å². The van der Waals surface area contributed by atoms with Crippen LogP contribution in [0.2, 0.25) is 5.02 Å². The average molecular weight is 487 g/mol. The van der Waals surface area contributed by atoms with Gasteiger partial charge < -0.3 is 20.1 Å². The molecule has 0 spiro atoms. The smallest absolute Gasteiger partial charge is 0.237 e. The van der Waals surface area contributed by atoms with Gasteiger partial charge in [-0.1, -0.05) is 17.7 Å². The first-order valence-corrected chi connectivity index (χ1v) is 11.4. The van der Waals surface area contributed by atoms with Crippen molar-refractivity contribution in [3.05, 3.63) is 47.5 Å². The van der Waals surface area contributed by atoms with Gasteiger partial charge in [-0.2, -0.15) is 0 Å². The highest BCUT2D eigenvalue weighted by Gasteiger charge is 2.38. The van der Waals surface area contributed by atoms with E-state index in [1.807, 2.05) is 0 Å². The lowest BCUT2D eigenvalue weighted by Crippen LogP contribution is -2.42. The van der Waals surface area contributed by atoms with Crippen LogP contribution in [0.25, 0.3) is 10.9 Å². The molecule has 1 aromatic heterocycles. The number of amides is 1. The lowest BCUT2D eigenvalue weighted by atomic mass is 10.1. The Kier molecular flexibility index (Phi) is 5.80. The van der Waals surface area contributed by atoms with Gasteiger partial charge in [0.2, 0.25) is 5.91 Å². The number of anilines is 2. The van der Waals surface area contributed by atoms with E-state index in [9.17, 15) is 9.18 Å². The number of halogens is 2. The van der Waals surface area contributed by atoms with Crippen LogP contribution in [-0.2, 0) is 4.79 Å². The van der Waals surface area contributed by atoms with Gasteiger partial charge in [-0.25, -0.2) is 14.4 Å². The summed E-state index contributed by atoms with van der Waals surface area (Å²) in [6.45, 7) is 0.442. The van der Waals surface area contributed by atoms with Gasteiger partial charge in [-0.05, 0) is 38.1 Å². The maximum atomic E-state index is 14.5. The van der Waals surface area contributed by atoms with Gasteiger partial charge in [0, 0.05) is 31.8 Å². The van der Waals surface area contributed by atoms with E-state index in [1.54, 1.807) is 29.2 Å². The largest absolute Gasteiger partial charge is 0.493 e. The molecule has 1 aliphatic carbocycles. The highest BCUT2D eigenvalue weighted by atomic mass is 35.5. The van der Waals surface area contributed by atoms with E-state index in [0.29, 0.717) is 41.2 Å². The topological polar surface area (TPSA) is 88.6 Å². The predicted octanol–water partition coefficient (Wildman–Crippen LogP) is 3.90. The van der Waals surface area contributed by atoms with E-state index in [2.05, 4.69) is 20.6 Å². The van der Waals surface area contributed by atoms with Crippen molar-refractivity contribution in [2.45, 2.75) is 37.5 Å². The molecule has 2 aromatic carbocycles. The summed E-state index contributed by atoms with van der Waals surface area (Å²) in [6, 6.07) is 7.99. The number of likely N-dealkylation sites (N-methyl/N-ethyl adjacent to an activating group) is 1. The minimum atomic E-state index is -0.581. The van der Waals surface area contributed by atoms with Crippen molar-refractivity contribution in [3.63, 3.8) is 0 Å². The van der Waals surface area contributed by atoms with Crippen LogP contribution in [0, 0.1) is 5.82 Å². The first kappa shape index (κ1) is 21.4. The van der Waals surface area contributed by atoms with Crippen molar-refractivity contribution < 1.29 is 20.0 Å². The first-order chi connectivity index (χ1) is 17.0. The van der Waals surface area contributed by atoms with Gasteiger partial charge in [-0.3, -0.25) is 9.69 Å². The molecule has 34 heavy (non-hydrogen) atoms. The second-order valence-corrected chi connectivity index (χ2v) is 8.92. The minimum Gasteiger partial charge on any atom is -0.493 e. The monoisotopic (exact) mass is 486 g/mol. The molecule has 2 fully saturated rings. The molecule has 0 unspecified atom stereocenters. The van der Waals surface area contributed by atoms with Crippen LogP contribution in [0.4, 0.5) is 15.9 Å². The molecule has 8 nitrogen and oxygen atoms in total. The standard InChI is InChI=1S/C24H25ClFN5O3/c1-31-11-14(8-19(31)24(32)29-13-6-7-13)34-21-9-15-18(10-20(21)33-2)27-12-28-23(15)30-17-5-3-4-16(25)22(17)26/h3-5,9-10,12-14,19H,6-8,11H2,1-2H3,(H,29,32)(H,27,28,30)/t14-,19-/m0/s1/i1D. The van der Waals surface area contributed by atoms with Crippen LogP contribution >= 0.6 is 11.6 Å². The molecule has 1 saturated carbocycles. The Morgan fingerprint density at radius 1 is 1.29 bits per heavy atom. The zero-order valence-corrected chi connectivity index (χ0v) is 19.3. The van der Waals surface area contributed by atoms with Gasteiger partial charge >= 0.3 is 0 Å². The summed E-state index contributed by atoms with van der Waals surface area (Å²) in [7, 11) is 1.54. The summed E-state index contributed by atoms with van der Waals surface area (Å²) in [6.07, 6.45) is 3.53. The Hall–Kier alpha value is -3.17. The molecule has 2 aliphatic rings. The van der Waals surface area contributed by atoms with Crippen molar-refractivity contribution >= 4 is 39.9 Å². The fraction of sp³-hybridized carbons (Fsp3) is 0.375. The number of likely N-dealkylation sites (tertiary alicyclic amines) is 1. The molecular formula is C24H25ClFN5O3. The lowest BCUT2D eigenvalue weighted by Gasteiger charge is -2.17. The van der Waals surface area contributed by atoms with E-state index in [0.717, 1.165) is 12.8 Å². The van der Waals surface area contributed by atoms with Crippen LogP contribution in [0.1, 0.15) is 20.6 Å². The number of benzene rings is 2. The Labute approximate surface area is 202 Å². The molecule has 3 aromatic rings. The number of nitrogens with zero attached hydrogens (tertiary/aromatic N) is 3. The summed E-state index contributed by atoms with van der Waals surface area (Å²) >= 11 is 5.92. The maximum absolute atomic E-state index is 14.5. The molecule has 1 aliphatic heterocycles. The van der Waals surface area contributed by atoms with Crippen molar-refractivity contribution in [2.75, 3.05) is 26.0 Å². The number of hydrogen-bond acceptors (Lipinski definition) is 7. The molecule has 1 amide bonds. The van der Waals surface area contributed by atoms with Crippen molar-refractivity contribution in [2.24, 2.45) is 0 Å². The fourth-order valence-electron chi connectivity index (χ4n) is 4.07. The van der Waals surface area contributed by atoms with Gasteiger partial charge in [0.1, 0.15) is 18.2 Å². The van der Waals surface area contributed by atoms with E-state index in [4.69, 9.17) is 22.4 Å². The molecule has 0 radical (unpaired) electrons. The van der Waals surface area contributed by atoms with Gasteiger partial charge in [0.25, 0.3) is 0 Å². The number of ether oxygens (including phenoxy) is 2. The van der Waals surface area contributed by atoms with E-state index >= 15 is 0 Å². The summed E-state index contributed by atoms with van der Waals surface area (Å²) in [5.74, 6) is 0.661. The van der Waals surface area contributed by atoms with Crippen LogP contribution < -0.4 is 20.1 Å². The number of carbonyl (C=O) groups is 1. The third-order valence-electron chi connectivity index (χ3n) is 6.01. The number of rotatable bonds is 7. The van der Waals surface area contributed by atoms with Crippen LogP contribution in [0.3, 0.4) is 0 Å². The highest BCUT2D eigenvalue weighted by Crippen LogP contribution is 2.37. The molecular weight excluding hydrogens is 461 g/mol. The third-order valence-corrected chi connectivity index (χ3v) is 6.30. The number of fused-ring (bicyclic) bond motifs is 1. The van der Waals surface area contributed by atoms with Crippen molar-refractivity contribution in [1.29, 1.82) is 0 Å². The zero-order valence-electron chi connectivity index (χ0n) is 19.6. The fourth-order valence-corrected chi connectivity index (χ4v) is 4.24. The predicted molar refractivity (Wildman–Crippen MR) is 127 cm³/mol. The van der Waals surface area contributed by atoms with Crippen LogP contribution in [0.5, 0.6) is 11.5 Å². The minimum absolute atomic E-state index is 0.000453. The lowest BCUT2D eigenvalue weighted by molar-refractivity contribution is -0.125. The molecule has 10 heteroatoms. The Bertz CT molecular complexity index is 1260. The van der Waals surface area contributed by atoms with Gasteiger partial charge in [0.15, 0.2) is 17.3 Å². The maximum Gasteiger partial charge on any atom is 0.237 e. The number of nitrogens with one attached hydrogen (secondary N) is 2. The molecule has 2 heterocycles. The normalized spacial score (nSPS) is 20.7. The van der Waals surface area contributed by atoms with Gasteiger partial charge in [-0.15, -0.1) is 0 Å². The van der Waals surface area contributed by atoms with Gasteiger partial charge in [0.05, 0.1) is 29.4 Å². The zero-order chi connectivity index (χ0) is 24.5. The molecule has 178 valence electrons. The SMILES string of the molecule is [2H]CN1C[C@@H](Oc2cc3c(Nc4cccc(Cl)c4F)ncnc3cc2OC)C[C@H]1C(=O)NC1CC1. The number of methoxy groups -OCH3 is 1. The summed E-state index contributed by atoms with van der Waals surface area (Å²) in [4.78, 5) is 23.0. The number of aromatic nitrogens is 2. The van der Waals surface area contributed by atoms with Crippen LogP contribution in [0.15, 0.2) is 36.7 Å². The summed E-state index contributed by atoms with van der Waals surface area (Å²) in [5, 5.41) is 6.60. The average Bonchev–Trinajstić information content (AvgIpc) is 3.58. The Balaban J connectivity index is 1.42. The molecule has 2 atom stereocenters. The van der Waals surface area contributed by atoms with Crippen molar-refractivity contribution in [1.82, 2.24) is 20.2 Å². The second-order valence-electron chi connectivity index (χ2n) is 8.51. The quantitative estimate of drug-likeness (QED) is 0.523.